The number of carbonyl (C=O) groups excluding carboxylic acids is 2. The van der Waals surface area contributed by atoms with Gasteiger partial charge < -0.3 is 19.2 Å². The molecule has 0 fully saturated rings. The Hall–Kier alpha value is -4.27. The zero-order chi connectivity index (χ0) is 23.0. The highest BCUT2D eigenvalue weighted by atomic mass is 19.1. The van der Waals surface area contributed by atoms with Crippen LogP contribution in [0.1, 0.15) is 18.1 Å². The van der Waals surface area contributed by atoms with Crippen LogP contribution in [0.2, 0.25) is 0 Å². The standard InChI is InChI=1S/C24H21FN4O4/c25-18-10-8-17(9-11-18)24-27-22(33-28-24)12-13-23(31)29(15-20-7-4-14-32-20)16-21(30)26-19-5-2-1-3-6-19/h1-11,14H,12-13,15-16H2,(H,26,30). The summed E-state index contributed by atoms with van der Waals surface area (Å²) in [6.07, 6.45) is 1.77. The van der Waals surface area contributed by atoms with E-state index in [9.17, 15) is 14.0 Å². The van der Waals surface area contributed by atoms with Gasteiger partial charge in [0.15, 0.2) is 0 Å². The summed E-state index contributed by atoms with van der Waals surface area (Å²) in [5, 5.41) is 6.66. The number of rotatable bonds is 9. The summed E-state index contributed by atoms with van der Waals surface area (Å²) in [6, 6.07) is 18.2. The fourth-order valence-electron chi connectivity index (χ4n) is 3.16. The van der Waals surface area contributed by atoms with Crippen molar-refractivity contribution in [3.63, 3.8) is 0 Å². The summed E-state index contributed by atoms with van der Waals surface area (Å²) in [6.45, 7) is 0.0117. The van der Waals surface area contributed by atoms with E-state index < -0.39 is 0 Å². The minimum absolute atomic E-state index is 0.0599. The van der Waals surface area contributed by atoms with Crippen LogP contribution in [0.5, 0.6) is 0 Å². The van der Waals surface area contributed by atoms with Crippen LogP contribution in [-0.2, 0) is 22.6 Å². The average Bonchev–Trinajstić information content (AvgIpc) is 3.50. The Kier molecular flexibility index (Phi) is 6.89. The monoisotopic (exact) mass is 448 g/mol. The maximum absolute atomic E-state index is 13.1. The third-order valence-corrected chi connectivity index (χ3v) is 4.79. The lowest BCUT2D eigenvalue weighted by Gasteiger charge is -2.21. The number of amides is 2. The Labute approximate surface area is 189 Å². The second-order valence-corrected chi connectivity index (χ2v) is 7.26. The quantitative estimate of drug-likeness (QED) is 0.414. The second kappa shape index (κ2) is 10.4. The largest absolute Gasteiger partial charge is 0.467 e. The summed E-state index contributed by atoms with van der Waals surface area (Å²) in [5.41, 5.74) is 1.25. The molecule has 9 heteroatoms. The average molecular weight is 448 g/mol. The molecule has 0 saturated carbocycles. The number of anilines is 1. The van der Waals surface area contributed by atoms with Crippen molar-refractivity contribution in [3.05, 3.63) is 90.5 Å². The van der Waals surface area contributed by atoms with E-state index in [0.29, 0.717) is 22.8 Å². The molecule has 0 radical (unpaired) electrons. The summed E-state index contributed by atoms with van der Waals surface area (Å²) < 4.78 is 23.7. The van der Waals surface area contributed by atoms with Crippen LogP contribution in [0.3, 0.4) is 0 Å². The summed E-state index contributed by atoms with van der Waals surface area (Å²) >= 11 is 0. The zero-order valence-corrected chi connectivity index (χ0v) is 17.6. The van der Waals surface area contributed by atoms with E-state index in [1.807, 2.05) is 18.2 Å². The number of hydrogen-bond donors (Lipinski definition) is 1. The van der Waals surface area contributed by atoms with Crippen LogP contribution >= 0.6 is 0 Å². The first-order valence-corrected chi connectivity index (χ1v) is 10.3. The van der Waals surface area contributed by atoms with Gasteiger partial charge in [0.1, 0.15) is 18.1 Å². The van der Waals surface area contributed by atoms with Crippen LogP contribution in [0.25, 0.3) is 11.4 Å². The molecule has 0 aliphatic carbocycles. The maximum Gasteiger partial charge on any atom is 0.244 e. The van der Waals surface area contributed by atoms with Gasteiger partial charge in [0.05, 0.1) is 12.8 Å². The van der Waals surface area contributed by atoms with E-state index in [4.69, 9.17) is 8.94 Å². The highest BCUT2D eigenvalue weighted by molar-refractivity contribution is 5.94. The SMILES string of the molecule is O=C(CN(Cc1ccco1)C(=O)CCc1nc(-c2ccc(F)cc2)no1)Nc1ccccc1. The third kappa shape index (κ3) is 6.13. The van der Waals surface area contributed by atoms with Gasteiger partial charge in [-0.05, 0) is 48.5 Å². The van der Waals surface area contributed by atoms with Gasteiger partial charge in [0, 0.05) is 24.1 Å². The first-order valence-electron chi connectivity index (χ1n) is 10.3. The summed E-state index contributed by atoms with van der Waals surface area (Å²) in [5.74, 6) is 0.198. The molecule has 4 aromatic rings. The number of hydrogen-bond acceptors (Lipinski definition) is 6. The van der Waals surface area contributed by atoms with E-state index in [1.165, 1.54) is 23.3 Å². The number of aromatic nitrogens is 2. The highest BCUT2D eigenvalue weighted by Crippen LogP contribution is 2.17. The number of nitrogens with one attached hydrogen (secondary N) is 1. The molecule has 2 amide bonds. The molecule has 0 bridgehead atoms. The van der Waals surface area contributed by atoms with E-state index in [1.54, 1.807) is 36.4 Å². The molecule has 33 heavy (non-hydrogen) atoms. The lowest BCUT2D eigenvalue weighted by Crippen LogP contribution is -2.37. The van der Waals surface area contributed by atoms with Crippen molar-refractivity contribution < 1.29 is 22.9 Å². The lowest BCUT2D eigenvalue weighted by molar-refractivity contribution is -0.135. The second-order valence-electron chi connectivity index (χ2n) is 7.26. The van der Waals surface area contributed by atoms with Gasteiger partial charge in [-0.3, -0.25) is 9.59 Å². The molecule has 0 atom stereocenters. The van der Waals surface area contributed by atoms with E-state index in [0.717, 1.165) is 0 Å². The molecule has 4 rings (SSSR count). The van der Waals surface area contributed by atoms with Crippen LogP contribution < -0.4 is 5.32 Å². The van der Waals surface area contributed by atoms with Crippen molar-refractivity contribution in [1.82, 2.24) is 15.0 Å². The predicted molar refractivity (Wildman–Crippen MR) is 117 cm³/mol. The molecule has 2 aromatic carbocycles. The summed E-state index contributed by atoms with van der Waals surface area (Å²) in [7, 11) is 0. The van der Waals surface area contributed by atoms with Crippen molar-refractivity contribution in [1.29, 1.82) is 0 Å². The molecule has 0 spiro atoms. The van der Waals surface area contributed by atoms with Gasteiger partial charge in [-0.2, -0.15) is 4.98 Å². The van der Waals surface area contributed by atoms with Crippen molar-refractivity contribution >= 4 is 17.5 Å². The Bertz CT molecular complexity index is 1190. The molecule has 168 valence electrons. The zero-order valence-electron chi connectivity index (χ0n) is 17.6. The minimum atomic E-state index is -0.360. The normalized spacial score (nSPS) is 10.7. The van der Waals surface area contributed by atoms with Crippen molar-refractivity contribution in [2.75, 3.05) is 11.9 Å². The van der Waals surface area contributed by atoms with Gasteiger partial charge in [-0.15, -0.1) is 0 Å². The molecule has 2 aromatic heterocycles. The van der Waals surface area contributed by atoms with Crippen molar-refractivity contribution in [2.24, 2.45) is 0 Å². The van der Waals surface area contributed by atoms with Gasteiger partial charge in [0.25, 0.3) is 0 Å². The molecular weight excluding hydrogens is 427 g/mol. The third-order valence-electron chi connectivity index (χ3n) is 4.79. The number of furan rings is 1. The topological polar surface area (TPSA) is 101 Å². The number of aryl methyl sites for hydroxylation is 1. The Morgan fingerprint density at radius 2 is 1.79 bits per heavy atom. The fraction of sp³-hybridized carbons (Fsp3) is 0.167. The molecule has 0 aliphatic heterocycles. The molecule has 2 heterocycles. The first kappa shape index (κ1) is 21.9. The van der Waals surface area contributed by atoms with Crippen LogP contribution in [0.4, 0.5) is 10.1 Å². The van der Waals surface area contributed by atoms with Gasteiger partial charge in [0.2, 0.25) is 23.5 Å². The molecule has 8 nitrogen and oxygen atoms in total. The fourth-order valence-corrected chi connectivity index (χ4v) is 3.16. The smallest absolute Gasteiger partial charge is 0.244 e. The first-order chi connectivity index (χ1) is 16.1. The lowest BCUT2D eigenvalue weighted by atomic mass is 10.2. The predicted octanol–water partition coefficient (Wildman–Crippen LogP) is 4.07. The Morgan fingerprint density at radius 3 is 2.52 bits per heavy atom. The Balaban J connectivity index is 1.38. The van der Waals surface area contributed by atoms with Crippen molar-refractivity contribution in [2.45, 2.75) is 19.4 Å². The molecule has 0 unspecified atom stereocenters. The van der Waals surface area contributed by atoms with E-state index in [-0.39, 0.29) is 49.5 Å². The molecule has 0 aliphatic rings. The highest BCUT2D eigenvalue weighted by Gasteiger charge is 2.20. The molecule has 0 saturated heterocycles. The van der Waals surface area contributed by atoms with Gasteiger partial charge >= 0.3 is 0 Å². The number of halogens is 1. The van der Waals surface area contributed by atoms with E-state index >= 15 is 0 Å². The number of benzene rings is 2. The minimum Gasteiger partial charge on any atom is -0.467 e. The van der Waals surface area contributed by atoms with Gasteiger partial charge in [-0.1, -0.05) is 23.4 Å². The molecule has 1 N–H and O–H groups in total. The van der Waals surface area contributed by atoms with E-state index in [2.05, 4.69) is 15.5 Å². The maximum atomic E-state index is 13.1. The van der Waals surface area contributed by atoms with Crippen LogP contribution in [0.15, 0.2) is 81.9 Å². The van der Waals surface area contributed by atoms with Crippen molar-refractivity contribution in [3.8, 4) is 11.4 Å². The summed E-state index contributed by atoms with van der Waals surface area (Å²) in [4.78, 5) is 31.1. The van der Waals surface area contributed by atoms with Crippen LogP contribution in [0, 0.1) is 5.82 Å². The molecular formula is C24H21FN4O4. The van der Waals surface area contributed by atoms with Gasteiger partial charge in [-0.25, -0.2) is 4.39 Å². The Morgan fingerprint density at radius 1 is 1.00 bits per heavy atom. The van der Waals surface area contributed by atoms with Crippen LogP contribution in [-0.4, -0.2) is 33.4 Å². The number of nitrogens with zero attached hydrogens (tertiary/aromatic N) is 3. The number of carbonyl (C=O) groups is 2. The number of para-hydroxylation sites is 1.